The second-order valence-corrected chi connectivity index (χ2v) is 4.73. The number of nitrogens with zero attached hydrogens (tertiary/aromatic N) is 1. The van der Waals surface area contributed by atoms with Gasteiger partial charge in [0.25, 0.3) is 11.8 Å². The van der Waals surface area contributed by atoms with Crippen LogP contribution in [0.4, 0.5) is 5.69 Å². The van der Waals surface area contributed by atoms with Crippen molar-refractivity contribution in [3.63, 3.8) is 0 Å². The monoisotopic (exact) mass is 305 g/mol. The third-order valence-electron chi connectivity index (χ3n) is 3.27. The van der Waals surface area contributed by atoms with Crippen LogP contribution in [0.1, 0.15) is 18.1 Å². The zero-order chi connectivity index (χ0) is 16.3. The smallest absolute Gasteiger partial charge is 0.308 e. The second kappa shape index (κ2) is 6.50. The van der Waals surface area contributed by atoms with E-state index in [-0.39, 0.29) is 6.42 Å². The highest BCUT2D eigenvalue weighted by atomic mass is 16.5. The first-order chi connectivity index (χ1) is 10.4. The molecule has 7 heteroatoms. The molecule has 0 aromatic heterocycles. The van der Waals surface area contributed by atoms with Crippen LogP contribution in [-0.4, -0.2) is 41.2 Å². The van der Waals surface area contributed by atoms with Crippen molar-refractivity contribution in [2.75, 3.05) is 12.0 Å². The Hall–Kier alpha value is -2.51. The molecule has 1 aliphatic heterocycles. The minimum absolute atomic E-state index is 0.341. The van der Waals surface area contributed by atoms with E-state index in [1.54, 1.807) is 0 Å². The van der Waals surface area contributed by atoms with Gasteiger partial charge in [0.05, 0.1) is 25.3 Å². The highest BCUT2D eigenvalue weighted by Gasteiger charge is 2.26. The Labute approximate surface area is 126 Å². The third kappa shape index (κ3) is 3.21. The Bertz CT molecular complexity index is 603. The Balaban J connectivity index is 2.10. The molecule has 0 saturated heterocycles. The van der Waals surface area contributed by atoms with Crippen LogP contribution in [0.15, 0.2) is 36.4 Å². The fraction of sp³-hybridized carbons (Fsp3) is 0.267. The first-order valence-corrected chi connectivity index (χ1v) is 6.53. The van der Waals surface area contributed by atoms with Crippen LogP contribution in [0.2, 0.25) is 0 Å². The molecule has 2 amide bonds. The molecule has 2 atom stereocenters. The average molecular weight is 305 g/mol. The van der Waals surface area contributed by atoms with E-state index in [1.165, 1.54) is 43.5 Å². The number of benzene rings is 1. The zero-order valence-corrected chi connectivity index (χ0v) is 11.8. The summed E-state index contributed by atoms with van der Waals surface area (Å²) in [5.41, 5.74) is 0.714. The molecule has 2 rings (SSSR count). The van der Waals surface area contributed by atoms with E-state index in [1.807, 2.05) is 0 Å². The van der Waals surface area contributed by atoms with E-state index in [4.69, 9.17) is 0 Å². The van der Waals surface area contributed by atoms with E-state index in [2.05, 4.69) is 4.74 Å². The molecule has 2 N–H and O–H groups in total. The van der Waals surface area contributed by atoms with Crippen molar-refractivity contribution in [2.45, 2.75) is 18.6 Å². The van der Waals surface area contributed by atoms with Crippen molar-refractivity contribution in [1.82, 2.24) is 0 Å². The van der Waals surface area contributed by atoms with Crippen LogP contribution in [0, 0.1) is 0 Å². The lowest BCUT2D eigenvalue weighted by Gasteiger charge is -2.19. The summed E-state index contributed by atoms with van der Waals surface area (Å²) < 4.78 is 4.42. The summed E-state index contributed by atoms with van der Waals surface area (Å²) in [6, 6.07) is 5.90. The quantitative estimate of drug-likeness (QED) is 0.589. The molecule has 7 nitrogen and oxygen atoms in total. The summed E-state index contributed by atoms with van der Waals surface area (Å²) in [5, 5.41) is 19.7. The molecular formula is C15H15NO6. The lowest BCUT2D eigenvalue weighted by Crippen LogP contribution is -2.29. The molecule has 1 heterocycles. The predicted octanol–water partition coefficient (Wildman–Crippen LogP) is 0.0734. The van der Waals surface area contributed by atoms with Crippen molar-refractivity contribution < 1.29 is 29.3 Å². The number of aliphatic hydroxyl groups excluding tert-OH is 2. The Morgan fingerprint density at radius 2 is 1.68 bits per heavy atom. The van der Waals surface area contributed by atoms with Crippen LogP contribution < -0.4 is 4.90 Å². The maximum atomic E-state index is 11.5. The van der Waals surface area contributed by atoms with E-state index >= 15 is 0 Å². The topological polar surface area (TPSA) is 104 Å². The molecule has 22 heavy (non-hydrogen) atoms. The summed E-state index contributed by atoms with van der Waals surface area (Å²) in [6.07, 6.45) is -0.589. The second-order valence-electron chi connectivity index (χ2n) is 4.73. The molecule has 116 valence electrons. The molecule has 1 aromatic rings. The highest BCUT2D eigenvalue weighted by Crippen LogP contribution is 2.24. The number of ether oxygens (including phenoxy) is 1. The summed E-state index contributed by atoms with van der Waals surface area (Å²) >= 11 is 0. The molecule has 1 aromatic carbocycles. The van der Waals surface area contributed by atoms with Crippen molar-refractivity contribution in [2.24, 2.45) is 0 Å². The minimum Gasteiger partial charge on any atom is -0.469 e. The molecular weight excluding hydrogens is 290 g/mol. The zero-order valence-electron chi connectivity index (χ0n) is 11.8. The van der Waals surface area contributed by atoms with Crippen molar-refractivity contribution in [3.05, 3.63) is 42.0 Å². The standard InChI is InChI=1S/C15H15NO6/c1-22-14(20)8-11(17)15(21)9-2-4-10(5-3-9)16-12(18)6-7-13(16)19/h2-7,11,15,17,21H,8H2,1H3. The van der Waals surface area contributed by atoms with Crippen LogP contribution in [0.3, 0.4) is 0 Å². The van der Waals surface area contributed by atoms with Gasteiger partial charge in [0.1, 0.15) is 6.10 Å². The summed E-state index contributed by atoms with van der Waals surface area (Å²) in [4.78, 5) is 35.2. The summed E-state index contributed by atoms with van der Waals surface area (Å²) in [7, 11) is 1.19. The first-order valence-electron chi connectivity index (χ1n) is 6.53. The predicted molar refractivity (Wildman–Crippen MR) is 75.7 cm³/mol. The summed E-state index contributed by atoms with van der Waals surface area (Å²) in [5.74, 6) is -1.52. The van der Waals surface area contributed by atoms with Gasteiger partial charge in [-0.15, -0.1) is 0 Å². The van der Waals surface area contributed by atoms with Gasteiger partial charge in [-0.25, -0.2) is 4.90 Å². The number of rotatable bonds is 5. The fourth-order valence-corrected chi connectivity index (χ4v) is 2.06. The van der Waals surface area contributed by atoms with Gasteiger partial charge in [-0.1, -0.05) is 12.1 Å². The number of carbonyl (C=O) groups is 3. The number of anilines is 1. The normalized spacial score (nSPS) is 16.8. The molecule has 0 spiro atoms. The number of amides is 2. The first kappa shape index (κ1) is 15.9. The van der Waals surface area contributed by atoms with Crippen LogP contribution in [-0.2, 0) is 19.1 Å². The molecule has 0 saturated carbocycles. The van der Waals surface area contributed by atoms with E-state index < -0.39 is 30.0 Å². The van der Waals surface area contributed by atoms with Gasteiger partial charge in [-0.05, 0) is 17.7 Å². The third-order valence-corrected chi connectivity index (χ3v) is 3.27. The maximum Gasteiger partial charge on any atom is 0.308 e. The van der Waals surface area contributed by atoms with E-state index in [0.29, 0.717) is 11.3 Å². The lowest BCUT2D eigenvalue weighted by atomic mass is 10.0. The minimum atomic E-state index is -1.31. The van der Waals surface area contributed by atoms with Gasteiger partial charge < -0.3 is 14.9 Å². The van der Waals surface area contributed by atoms with Gasteiger partial charge in [0, 0.05) is 12.2 Å². The van der Waals surface area contributed by atoms with Crippen LogP contribution >= 0.6 is 0 Å². The van der Waals surface area contributed by atoms with E-state index in [9.17, 15) is 24.6 Å². The molecule has 0 aliphatic carbocycles. The van der Waals surface area contributed by atoms with Crippen molar-refractivity contribution in [3.8, 4) is 0 Å². The van der Waals surface area contributed by atoms with Crippen LogP contribution in [0.5, 0.6) is 0 Å². The Morgan fingerprint density at radius 3 is 2.18 bits per heavy atom. The number of hydrogen-bond donors (Lipinski definition) is 2. The van der Waals surface area contributed by atoms with Crippen molar-refractivity contribution in [1.29, 1.82) is 0 Å². The lowest BCUT2D eigenvalue weighted by molar-refractivity contribution is -0.144. The molecule has 0 radical (unpaired) electrons. The molecule has 2 unspecified atom stereocenters. The van der Waals surface area contributed by atoms with Crippen LogP contribution in [0.25, 0.3) is 0 Å². The average Bonchev–Trinajstić information content (AvgIpc) is 2.85. The van der Waals surface area contributed by atoms with Crippen molar-refractivity contribution >= 4 is 23.5 Å². The van der Waals surface area contributed by atoms with E-state index in [0.717, 1.165) is 4.90 Å². The summed E-state index contributed by atoms with van der Waals surface area (Å²) in [6.45, 7) is 0. The van der Waals surface area contributed by atoms with Gasteiger partial charge in [-0.2, -0.15) is 0 Å². The molecule has 1 aliphatic rings. The highest BCUT2D eigenvalue weighted by molar-refractivity contribution is 6.28. The number of esters is 1. The maximum absolute atomic E-state index is 11.5. The van der Waals surface area contributed by atoms with Gasteiger partial charge in [-0.3, -0.25) is 14.4 Å². The van der Waals surface area contributed by atoms with Gasteiger partial charge >= 0.3 is 5.97 Å². The number of carbonyl (C=O) groups excluding carboxylic acids is 3. The number of methoxy groups -OCH3 is 1. The number of aliphatic hydroxyl groups is 2. The number of hydrogen-bond acceptors (Lipinski definition) is 6. The SMILES string of the molecule is COC(=O)CC(O)C(O)c1ccc(N2C(=O)C=CC2=O)cc1. The molecule has 0 bridgehead atoms. The molecule has 0 fully saturated rings. The largest absolute Gasteiger partial charge is 0.469 e. The number of imide groups is 1. The van der Waals surface area contributed by atoms with Gasteiger partial charge in [0.2, 0.25) is 0 Å². The van der Waals surface area contributed by atoms with Gasteiger partial charge in [0.15, 0.2) is 0 Å². The fourth-order valence-electron chi connectivity index (χ4n) is 2.06. The Kier molecular flexibility index (Phi) is 4.69. The Morgan fingerprint density at radius 1 is 1.14 bits per heavy atom.